The second-order valence-electron chi connectivity index (χ2n) is 6.40. The van der Waals surface area contributed by atoms with Crippen LogP contribution in [0.3, 0.4) is 0 Å². The fourth-order valence-corrected chi connectivity index (χ4v) is 5.87. The minimum Gasteiger partial charge on any atom is -0.0876 e. The largest absolute Gasteiger partial charge is 0.0876 e. The molecule has 4 rings (SSSR count). The number of rotatable bonds is 4. The summed E-state index contributed by atoms with van der Waals surface area (Å²) < 4.78 is 0. The lowest BCUT2D eigenvalue weighted by molar-refractivity contribution is 1.32. The van der Waals surface area contributed by atoms with Gasteiger partial charge in [-0.3, -0.25) is 0 Å². The van der Waals surface area contributed by atoms with E-state index in [1.807, 2.05) is 0 Å². The third kappa shape index (κ3) is 5.64. The molecule has 0 radical (unpaired) electrons. The van der Waals surface area contributed by atoms with E-state index in [-0.39, 0.29) is 0 Å². The Hall–Kier alpha value is -2.21. The number of benzene rings is 4. The van der Waals surface area contributed by atoms with E-state index in [0.29, 0.717) is 0 Å². The number of hydrogen-bond donors (Lipinski definition) is 0. The quantitative estimate of drug-likeness (QED) is 0.253. The average molecular weight is 447 g/mol. The van der Waals surface area contributed by atoms with Crippen molar-refractivity contribution in [1.29, 1.82) is 0 Å². The predicted molar refractivity (Wildman–Crippen MR) is 129 cm³/mol. The summed E-state index contributed by atoms with van der Waals surface area (Å²) in [5.41, 5.74) is 2.73. The maximum Gasteiger partial charge on any atom is 0.0285 e. The van der Waals surface area contributed by atoms with E-state index in [1.165, 1.54) is 27.0 Å². The Kier molecular flexibility index (Phi) is 8.03. The van der Waals surface area contributed by atoms with E-state index in [0.717, 1.165) is 5.33 Å². The van der Waals surface area contributed by atoms with Crippen molar-refractivity contribution in [3.8, 4) is 0 Å². The van der Waals surface area contributed by atoms with Gasteiger partial charge >= 0.3 is 0 Å². The van der Waals surface area contributed by atoms with Gasteiger partial charge in [-0.05, 0) is 41.9 Å². The van der Waals surface area contributed by atoms with Crippen molar-refractivity contribution in [2.24, 2.45) is 0 Å². The first-order valence-electron chi connectivity index (χ1n) is 9.35. The number of alkyl halides is 1. The lowest BCUT2D eigenvalue weighted by Crippen LogP contribution is -2.20. The monoisotopic (exact) mass is 446 g/mol. The highest BCUT2D eigenvalue weighted by atomic mass is 79.9. The molecule has 0 nitrogen and oxygen atoms in total. The summed E-state index contributed by atoms with van der Waals surface area (Å²) in [5.74, 6) is 0. The Bertz CT molecular complexity index is 859. The van der Waals surface area contributed by atoms with Crippen LogP contribution in [0.1, 0.15) is 11.1 Å². The maximum absolute atomic E-state index is 3.41. The van der Waals surface area contributed by atoms with Crippen LogP contribution in [0, 0.1) is 6.92 Å². The molecule has 0 N–H and O–H groups in total. The van der Waals surface area contributed by atoms with Crippen LogP contribution < -0.4 is 15.9 Å². The van der Waals surface area contributed by atoms with Crippen molar-refractivity contribution in [3.63, 3.8) is 0 Å². The summed E-state index contributed by atoms with van der Waals surface area (Å²) in [6.45, 7) is 2.12. The first kappa shape index (κ1) is 20.5. The van der Waals surface area contributed by atoms with E-state index in [4.69, 9.17) is 0 Å². The summed E-state index contributed by atoms with van der Waals surface area (Å²) in [4.78, 5) is 0. The highest BCUT2D eigenvalue weighted by Crippen LogP contribution is 2.32. The molecule has 0 aliphatic carbocycles. The fraction of sp³-hybridized carbons (Fsp3) is 0.0769. The van der Waals surface area contributed by atoms with Crippen LogP contribution in [0.25, 0.3) is 0 Å². The van der Waals surface area contributed by atoms with Crippen molar-refractivity contribution in [3.05, 3.63) is 126 Å². The zero-order chi connectivity index (χ0) is 19.6. The number of aryl methyl sites for hydroxylation is 1. The van der Waals surface area contributed by atoms with E-state index in [2.05, 4.69) is 138 Å². The highest BCUT2D eigenvalue weighted by Gasteiger charge is 2.14. The van der Waals surface area contributed by atoms with Gasteiger partial charge in [-0.2, -0.15) is 0 Å². The van der Waals surface area contributed by atoms with Crippen LogP contribution >= 0.6 is 23.9 Å². The molecule has 140 valence electrons. The van der Waals surface area contributed by atoms with Gasteiger partial charge in [0.1, 0.15) is 0 Å². The molecule has 0 saturated carbocycles. The van der Waals surface area contributed by atoms with Crippen LogP contribution in [0.4, 0.5) is 0 Å². The van der Waals surface area contributed by atoms with Gasteiger partial charge in [0.05, 0.1) is 0 Å². The first-order valence-corrected chi connectivity index (χ1v) is 11.8. The smallest absolute Gasteiger partial charge is 0.0285 e. The Labute approximate surface area is 178 Å². The topological polar surface area (TPSA) is 0 Å². The van der Waals surface area contributed by atoms with Gasteiger partial charge in [-0.15, -0.1) is 0 Å². The summed E-state index contributed by atoms with van der Waals surface area (Å²) in [5, 5.41) is 5.15. The molecule has 0 spiro atoms. The molecular weight excluding hydrogens is 423 g/mol. The zero-order valence-electron chi connectivity index (χ0n) is 16.0. The van der Waals surface area contributed by atoms with E-state index < -0.39 is 7.92 Å². The van der Waals surface area contributed by atoms with Crippen LogP contribution in [-0.2, 0) is 5.33 Å². The van der Waals surface area contributed by atoms with E-state index >= 15 is 0 Å². The molecule has 2 heteroatoms. The summed E-state index contributed by atoms with van der Waals surface area (Å²) in [6.07, 6.45) is 0. The minimum absolute atomic E-state index is 0.446. The second kappa shape index (κ2) is 11.0. The second-order valence-corrected chi connectivity index (χ2v) is 9.18. The van der Waals surface area contributed by atoms with Crippen LogP contribution in [0.2, 0.25) is 0 Å². The van der Waals surface area contributed by atoms with Gasteiger partial charge in [0.2, 0.25) is 0 Å². The van der Waals surface area contributed by atoms with Crippen LogP contribution in [0.15, 0.2) is 115 Å². The van der Waals surface area contributed by atoms with Crippen molar-refractivity contribution in [1.82, 2.24) is 0 Å². The SMILES string of the molecule is Cc1ccccc1CBr.c1ccc(P(c2ccccc2)c2ccccc2)cc1. The molecule has 4 aromatic carbocycles. The molecule has 0 heterocycles. The molecule has 0 atom stereocenters. The third-order valence-electron chi connectivity index (χ3n) is 4.45. The van der Waals surface area contributed by atoms with Crippen molar-refractivity contribution in [2.45, 2.75) is 12.3 Å². The molecule has 0 amide bonds. The summed E-state index contributed by atoms with van der Waals surface area (Å²) >= 11 is 3.41. The van der Waals surface area contributed by atoms with Gasteiger partial charge in [0.25, 0.3) is 0 Å². The van der Waals surface area contributed by atoms with Gasteiger partial charge in [0.15, 0.2) is 0 Å². The van der Waals surface area contributed by atoms with Crippen molar-refractivity contribution in [2.75, 3.05) is 0 Å². The lowest BCUT2D eigenvalue weighted by atomic mass is 10.1. The molecule has 0 aromatic heterocycles. The molecule has 28 heavy (non-hydrogen) atoms. The van der Waals surface area contributed by atoms with E-state index in [1.54, 1.807) is 0 Å². The Morgan fingerprint density at radius 1 is 0.536 bits per heavy atom. The van der Waals surface area contributed by atoms with Crippen LogP contribution in [0.5, 0.6) is 0 Å². The first-order chi connectivity index (χ1) is 13.8. The maximum atomic E-state index is 3.41. The third-order valence-corrected chi connectivity index (χ3v) is 7.50. The number of hydrogen-bond acceptors (Lipinski definition) is 0. The molecule has 0 aliphatic heterocycles. The van der Waals surface area contributed by atoms with Crippen molar-refractivity contribution >= 4 is 39.8 Å². The lowest BCUT2D eigenvalue weighted by Gasteiger charge is -2.18. The molecule has 0 unspecified atom stereocenters. The van der Waals surface area contributed by atoms with Crippen molar-refractivity contribution < 1.29 is 0 Å². The highest BCUT2D eigenvalue weighted by molar-refractivity contribution is 9.08. The summed E-state index contributed by atoms with van der Waals surface area (Å²) in [7, 11) is -0.446. The molecular formula is C26H24BrP. The van der Waals surface area contributed by atoms with Gasteiger partial charge in [-0.1, -0.05) is 131 Å². The normalized spacial score (nSPS) is 10.2. The van der Waals surface area contributed by atoms with Gasteiger partial charge in [0, 0.05) is 5.33 Å². The van der Waals surface area contributed by atoms with Gasteiger partial charge < -0.3 is 0 Å². The zero-order valence-corrected chi connectivity index (χ0v) is 18.5. The van der Waals surface area contributed by atoms with Crippen LogP contribution in [-0.4, -0.2) is 0 Å². The molecule has 0 fully saturated rings. The van der Waals surface area contributed by atoms with Gasteiger partial charge in [-0.25, -0.2) is 0 Å². The molecule has 4 aromatic rings. The predicted octanol–water partition coefficient (Wildman–Crippen LogP) is 6.33. The molecule has 0 bridgehead atoms. The standard InChI is InChI=1S/C18H15P.C8H9Br/c1-4-10-16(11-5-1)19(17-12-6-2-7-13-17)18-14-8-3-9-15-18;1-7-4-2-3-5-8(7)6-9/h1-15H;2-5H,6H2,1H3. The number of halogens is 1. The fourth-order valence-electron chi connectivity index (χ4n) is 2.94. The molecule has 0 saturated heterocycles. The Morgan fingerprint density at radius 3 is 1.21 bits per heavy atom. The van der Waals surface area contributed by atoms with E-state index in [9.17, 15) is 0 Å². The summed E-state index contributed by atoms with van der Waals surface area (Å²) in [6, 6.07) is 40.7. The Balaban J connectivity index is 0.000000211. The molecule has 0 aliphatic rings. The Morgan fingerprint density at radius 2 is 0.893 bits per heavy atom. The average Bonchev–Trinajstić information content (AvgIpc) is 2.77. The minimum atomic E-state index is -0.446.